The minimum Gasteiger partial charge on any atom is -0.355 e. The third-order valence-electron chi connectivity index (χ3n) is 4.51. The second-order valence-corrected chi connectivity index (χ2v) is 6.44. The Kier molecular flexibility index (Phi) is 5.13. The maximum Gasteiger partial charge on any atom is 0.220 e. The van der Waals surface area contributed by atoms with E-state index in [1.165, 1.54) is 0 Å². The Hall–Kier alpha value is -2.37. The highest BCUT2D eigenvalue weighted by molar-refractivity contribution is 5.76. The normalized spacial score (nSPS) is 17.8. The van der Waals surface area contributed by atoms with Crippen molar-refractivity contribution in [2.24, 2.45) is 7.05 Å². The van der Waals surface area contributed by atoms with Gasteiger partial charge >= 0.3 is 0 Å². The van der Waals surface area contributed by atoms with Crippen LogP contribution >= 0.6 is 0 Å². The number of anilines is 1. The second kappa shape index (κ2) is 7.47. The van der Waals surface area contributed by atoms with Crippen molar-refractivity contribution in [3.05, 3.63) is 41.9 Å². The molecule has 3 heterocycles. The first-order valence-electron chi connectivity index (χ1n) is 8.56. The zero-order valence-corrected chi connectivity index (χ0v) is 14.4. The van der Waals surface area contributed by atoms with Crippen LogP contribution in [0, 0.1) is 6.92 Å². The number of carbonyl (C=O) groups excluding carboxylic acids is 1. The van der Waals surface area contributed by atoms with Crippen LogP contribution in [0.4, 0.5) is 5.82 Å². The Bertz CT molecular complexity index is 696. The molecule has 0 aliphatic carbocycles. The molecular weight excluding hydrogens is 302 g/mol. The molecule has 0 spiro atoms. The molecular formula is C18H25N5O. The van der Waals surface area contributed by atoms with Gasteiger partial charge in [-0.2, -0.15) is 5.10 Å². The van der Waals surface area contributed by atoms with Gasteiger partial charge in [0.25, 0.3) is 0 Å². The predicted octanol–water partition coefficient (Wildman–Crippen LogP) is 1.84. The van der Waals surface area contributed by atoms with Gasteiger partial charge in [-0.25, -0.2) is 4.98 Å². The van der Waals surface area contributed by atoms with Gasteiger partial charge in [-0.15, -0.1) is 0 Å². The van der Waals surface area contributed by atoms with E-state index in [2.05, 4.69) is 20.3 Å². The van der Waals surface area contributed by atoms with E-state index >= 15 is 0 Å². The summed E-state index contributed by atoms with van der Waals surface area (Å²) in [5.41, 5.74) is 2.11. The lowest BCUT2D eigenvalue weighted by atomic mass is 10.1. The van der Waals surface area contributed by atoms with Gasteiger partial charge in [-0.1, -0.05) is 6.07 Å². The minimum absolute atomic E-state index is 0.111. The number of aromatic nitrogens is 3. The van der Waals surface area contributed by atoms with E-state index in [0.29, 0.717) is 6.42 Å². The average molecular weight is 327 g/mol. The van der Waals surface area contributed by atoms with Crippen LogP contribution in [0.15, 0.2) is 30.5 Å². The standard InChI is InChI=1S/C18H25N5O/c1-14-5-3-7-17(20-14)23-12-4-6-15(13-23)21-18(24)9-8-16-10-11-19-22(16)2/h3,5,7,10-11,15H,4,6,8-9,12-13H2,1-2H3,(H,21,24). The fraction of sp³-hybridized carbons (Fsp3) is 0.500. The summed E-state index contributed by atoms with van der Waals surface area (Å²) >= 11 is 0. The highest BCUT2D eigenvalue weighted by Crippen LogP contribution is 2.18. The van der Waals surface area contributed by atoms with Crippen molar-refractivity contribution in [1.29, 1.82) is 0 Å². The zero-order valence-electron chi connectivity index (χ0n) is 14.4. The predicted molar refractivity (Wildman–Crippen MR) is 93.9 cm³/mol. The van der Waals surface area contributed by atoms with E-state index in [9.17, 15) is 4.79 Å². The number of aryl methyl sites for hydroxylation is 3. The van der Waals surface area contributed by atoms with Gasteiger partial charge in [-0.05, 0) is 44.4 Å². The Morgan fingerprint density at radius 2 is 2.25 bits per heavy atom. The van der Waals surface area contributed by atoms with Crippen molar-refractivity contribution >= 4 is 11.7 Å². The SMILES string of the molecule is Cc1cccc(N2CCCC(NC(=O)CCc3ccnn3C)C2)n1. The fourth-order valence-corrected chi connectivity index (χ4v) is 3.20. The van der Waals surface area contributed by atoms with Gasteiger partial charge in [0.15, 0.2) is 0 Å². The third-order valence-corrected chi connectivity index (χ3v) is 4.51. The average Bonchev–Trinajstić information content (AvgIpc) is 2.98. The van der Waals surface area contributed by atoms with Crippen molar-refractivity contribution < 1.29 is 4.79 Å². The van der Waals surface area contributed by atoms with E-state index in [1.54, 1.807) is 6.20 Å². The van der Waals surface area contributed by atoms with E-state index in [-0.39, 0.29) is 11.9 Å². The number of amides is 1. The molecule has 1 saturated heterocycles. The number of carbonyl (C=O) groups is 1. The Labute approximate surface area is 142 Å². The molecule has 0 saturated carbocycles. The largest absolute Gasteiger partial charge is 0.355 e. The molecule has 6 nitrogen and oxygen atoms in total. The molecule has 1 fully saturated rings. The van der Waals surface area contributed by atoms with Gasteiger partial charge in [0.2, 0.25) is 5.91 Å². The Balaban J connectivity index is 1.51. The van der Waals surface area contributed by atoms with E-state index in [1.807, 2.05) is 42.9 Å². The molecule has 2 aromatic heterocycles. The summed E-state index contributed by atoms with van der Waals surface area (Å²) in [5, 5.41) is 7.31. The lowest BCUT2D eigenvalue weighted by Gasteiger charge is -2.34. The molecule has 0 radical (unpaired) electrons. The summed E-state index contributed by atoms with van der Waals surface area (Å²) in [6, 6.07) is 8.23. The van der Waals surface area contributed by atoms with E-state index in [4.69, 9.17) is 0 Å². The molecule has 1 N–H and O–H groups in total. The van der Waals surface area contributed by atoms with Crippen LogP contribution in [0.5, 0.6) is 0 Å². The van der Waals surface area contributed by atoms with Crippen LogP contribution in [0.3, 0.4) is 0 Å². The van der Waals surface area contributed by atoms with Crippen molar-refractivity contribution in [3.8, 4) is 0 Å². The first kappa shape index (κ1) is 16.5. The smallest absolute Gasteiger partial charge is 0.220 e. The number of hydrogen-bond donors (Lipinski definition) is 1. The van der Waals surface area contributed by atoms with Crippen molar-refractivity contribution in [2.75, 3.05) is 18.0 Å². The van der Waals surface area contributed by atoms with Crippen LogP contribution in [0.1, 0.15) is 30.7 Å². The van der Waals surface area contributed by atoms with Crippen LogP contribution < -0.4 is 10.2 Å². The number of nitrogens with zero attached hydrogens (tertiary/aromatic N) is 4. The summed E-state index contributed by atoms with van der Waals surface area (Å²) in [4.78, 5) is 19.1. The number of piperidine rings is 1. The van der Waals surface area contributed by atoms with Crippen molar-refractivity contribution in [2.45, 2.75) is 38.6 Å². The summed E-state index contributed by atoms with van der Waals surface area (Å²) in [7, 11) is 1.90. The Morgan fingerprint density at radius 1 is 1.38 bits per heavy atom. The molecule has 128 valence electrons. The number of nitrogens with one attached hydrogen (secondary N) is 1. The third kappa shape index (κ3) is 4.13. The van der Waals surface area contributed by atoms with Crippen LogP contribution in [0.25, 0.3) is 0 Å². The first-order chi connectivity index (χ1) is 11.6. The number of pyridine rings is 1. The summed E-state index contributed by atoms with van der Waals surface area (Å²) in [6.07, 6.45) is 5.08. The molecule has 1 amide bonds. The lowest BCUT2D eigenvalue weighted by molar-refractivity contribution is -0.121. The summed E-state index contributed by atoms with van der Waals surface area (Å²) in [5.74, 6) is 1.11. The van der Waals surface area contributed by atoms with Gasteiger partial charge in [0.05, 0.1) is 0 Å². The quantitative estimate of drug-likeness (QED) is 0.910. The molecule has 6 heteroatoms. The van der Waals surface area contributed by atoms with Crippen molar-refractivity contribution in [1.82, 2.24) is 20.1 Å². The molecule has 2 aromatic rings. The molecule has 1 unspecified atom stereocenters. The van der Waals surface area contributed by atoms with E-state index < -0.39 is 0 Å². The van der Waals surface area contributed by atoms with Crippen LogP contribution in [0.2, 0.25) is 0 Å². The van der Waals surface area contributed by atoms with Gasteiger partial charge in [0.1, 0.15) is 5.82 Å². The topological polar surface area (TPSA) is 63.1 Å². The maximum absolute atomic E-state index is 12.2. The fourth-order valence-electron chi connectivity index (χ4n) is 3.20. The highest BCUT2D eigenvalue weighted by atomic mass is 16.1. The molecule has 24 heavy (non-hydrogen) atoms. The molecule has 1 atom stereocenters. The molecule has 0 aromatic carbocycles. The Morgan fingerprint density at radius 3 is 3.00 bits per heavy atom. The summed E-state index contributed by atoms with van der Waals surface area (Å²) < 4.78 is 1.82. The molecule has 1 aliphatic rings. The second-order valence-electron chi connectivity index (χ2n) is 6.44. The van der Waals surface area contributed by atoms with Gasteiger partial charge < -0.3 is 10.2 Å². The first-order valence-corrected chi connectivity index (χ1v) is 8.56. The molecule has 3 rings (SSSR count). The van der Waals surface area contributed by atoms with E-state index in [0.717, 1.165) is 49.6 Å². The summed E-state index contributed by atoms with van der Waals surface area (Å²) in [6.45, 7) is 3.83. The number of hydrogen-bond acceptors (Lipinski definition) is 4. The van der Waals surface area contributed by atoms with Gasteiger partial charge in [0, 0.05) is 50.2 Å². The zero-order chi connectivity index (χ0) is 16.9. The van der Waals surface area contributed by atoms with Gasteiger partial charge in [-0.3, -0.25) is 9.48 Å². The monoisotopic (exact) mass is 327 g/mol. The van der Waals surface area contributed by atoms with Crippen LogP contribution in [-0.4, -0.2) is 39.8 Å². The van der Waals surface area contributed by atoms with Crippen LogP contribution in [-0.2, 0) is 18.3 Å². The highest BCUT2D eigenvalue weighted by Gasteiger charge is 2.22. The molecule has 0 bridgehead atoms. The molecule has 1 aliphatic heterocycles. The maximum atomic E-state index is 12.2. The number of rotatable bonds is 5. The van der Waals surface area contributed by atoms with Crippen molar-refractivity contribution in [3.63, 3.8) is 0 Å². The lowest BCUT2D eigenvalue weighted by Crippen LogP contribution is -2.48. The minimum atomic E-state index is 0.111.